The number of aryl methyl sites for hydroxylation is 1. The van der Waals surface area contributed by atoms with Gasteiger partial charge in [0, 0.05) is 35.3 Å². The molecule has 42 heavy (non-hydrogen) atoms. The minimum Gasteiger partial charge on any atom is -0.497 e. The van der Waals surface area contributed by atoms with Crippen LogP contribution in [-0.2, 0) is 14.4 Å². The van der Waals surface area contributed by atoms with E-state index in [2.05, 4.69) is 26.1 Å². The molecular weight excluding hydrogens is 578 g/mol. The van der Waals surface area contributed by atoms with E-state index in [0.29, 0.717) is 28.1 Å². The van der Waals surface area contributed by atoms with Crippen LogP contribution in [0.2, 0.25) is 24.2 Å². The number of aliphatic imine (C=N–C) groups is 1. The van der Waals surface area contributed by atoms with Crippen LogP contribution in [0.5, 0.6) is 5.75 Å². The van der Waals surface area contributed by atoms with Gasteiger partial charge in [-0.05, 0) is 50.3 Å². The van der Waals surface area contributed by atoms with E-state index in [0.717, 1.165) is 16.8 Å². The first-order valence-electron chi connectivity index (χ1n) is 13.4. The van der Waals surface area contributed by atoms with E-state index in [4.69, 9.17) is 21.3 Å². The molecule has 0 radical (unpaired) electrons. The van der Waals surface area contributed by atoms with Crippen LogP contribution in [-0.4, -0.2) is 78.1 Å². The van der Waals surface area contributed by atoms with Gasteiger partial charge in [-0.2, -0.15) is 0 Å². The number of fused-ring (bicyclic) bond motifs is 3. The molecule has 4 rings (SSSR count). The number of nitrogens with zero attached hydrogens (tertiary/aromatic N) is 4. The molecule has 3 amide bonds. The van der Waals surface area contributed by atoms with Crippen molar-refractivity contribution >= 4 is 43.4 Å². The number of methoxy groups -OCH3 is 1. The lowest BCUT2D eigenvalue weighted by Crippen LogP contribution is -2.42. The van der Waals surface area contributed by atoms with Gasteiger partial charge in [0.1, 0.15) is 17.6 Å². The van der Waals surface area contributed by atoms with E-state index >= 15 is 0 Å². The van der Waals surface area contributed by atoms with Crippen molar-refractivity contribution in [1.29, 1.82) is 0 Å². The second-order valence-electron chi connectivity index (χ2n) is 10.5. The second kappa shape index (κ2) is 13.3. The fourth-order valence-corrected chi connectivity index (χ4v) is 5.56. The fraction of sp³-hybridized carbons (Fsp3) is 0.357. The number of carbonyl (C=O) groups is 3. The molecule has 12 nitrogen and oxygen atoms in total. The van der Waals surface area contributed by atoms with Crippen molar-refractivity contribution < 1.29 is 23.9 Å². The summed E-state index contributed by atoms with van der Waals surface area (Å²) < 4.78 is 7.36. The molecule has 14 heteroatoms. The number of amides is 3. The van der Waals surface area contributed by atoms with Crippen LogP contribution in [0, 0.1) is 6.92 Å². The topological polar surface area (TPSA) is 160 Å². The molecular formula is C28H34ClN7O5Si. The Balaban J connectivity index is 1.48. The number of hydrogen-bond donors (Lipinski definition) is 4. The molecule has 3 aromatic rings. The number of ether oxygens (including phenoxy) is 1. The van der Waals surface area contributed by atoms with Gasteiger partial charge in [0.25, 0.3) is 0 Å². The average Bonchev–Trinajstić information content (AvgIpc) is 3.26. The maximum absolute atomic E-state index is 13.0. The van der Waals surface area contributed by atoms with Crippen LogP contribution in [0.1, 0.15) is 35.2 Å². The number of carbonyl (C=O) groups excluding carboxylic acids is 3. The Kier molecular flexibility index (Phi) is 9.76. The van der Waals surface area contributed by atoms with Gasteiger partial charge in [0.05, 0.1) is 31.5 Å². The second-order valence-corrected chi connectivity index (χ2v) is 14.9. The summed E-state index contributed by atoms with van der Waals surface area (Å²) in [6.07, 6.45) is -0.0789. The van der Waals surface area contributed by atoms with E-state index in [1.54, 1.807) is 32.3 Å². The molecule has 0 saturated heterocycles. The van der Waals surface area contributed by atoms with Gasteiger partial charge in [0.15, 0.2) is 14.1 Å². The first kappa shape index (κ1) is 30.9. The zero-order chi connectivity index (χ0) is 30.4. The van der Waals surface area contributed by atoms with E-state index in [9.17, 15) is 19.2 Å². The quantitative estimate of drug-likeness (QED) is 0.191. The summed E-state index contributed by atoms with van der Waals surface area (Å²) in [5.74, 6) is 0.705. The summed E-state index contributed by atoms with van der Waals surface area (Å²) in [5.41, 5.74) is 3.00. The summed E-state index contributed by atoms with van der Waals surface area (Å²) in [4.78, 5) is 52.0. The van der Waals surface area contributed by atoms with Crippen molar-refractivity contribution in [2.24, 2.45) is 4.99 Å². The maximum Gasteiger partial charge on any atom is 0.239 e. The highest BCUT2D eigenvalue weighted by Gasteiger charge is 2.30. The van der Waals surface area contributed by atoms with Crippen molar-refractivity contribution in [2.75, 3.05) is 26.7 Å². The van der Waals surface area contributed by atoms with Gasteiger partial charge in [-0.1, -0.05) is 23.7 Å². The van der Waals surface area contributed by atoms with Crippen LogP contribution < -0.4 is 20.7 Å². The highest BCUT2D eigenvalue weighted by atomic mass is 35.5. The zero-order valence-corrected chi connectivity index (χ0v) is 25.7. The third kappa shape index (κ3) is 7.81. The summed E-state index contributed by atoms with van der Waals surface area (Å²) in [7, 11) is -0.907. The Hall–Kier alpha value is -4.07. The summed E-state index contributed by atoms with van der Waals surface area (Å²) in [5, 5.41) is 17.1. The Morgan fingerprint density at radius 1 is 1.00 bits per heavy atom. The lowest BCUT2D eigenvalue weighted by Gasteiger charge is -2.14. The minimum absolute atomic E-state index is 0.0789. The molecule has 1 aliphatic heterocycles. The summed E-state index contributed by atoms with van der Waals surface area (Å²) in [6.45, 7) is 5.35. The molecule has 2 heterocycles. The molecule has 0 saturated carbocycles. The van der Waals surface area contributed by atoms with E-state index in [1.807, 2.05) is 41.8 Å². The molecule has 2 aromatic carbocycles. The monoisotopic (exact) mass is 611 g/mol. The minimum atomic E-state index is -2.50. The highest BCUT2D eigenvalue weighted by Crippen LogP contribution is 2.34. The van der Waals surface area contributed by atoms with Crippen molar-refractivity contribution in [3.63, 3.8) is 0 Å². The number of nitrogens with one attached hydrogen (secondary N) is 3. The van der Waals surface area contributed by atoms with Crippen LogP contribution in [0.15, 0.2) is 47.5 Å². The molecule has 0 bridgehead atoms. The fourth-order valence-electron chi connectivity index (χ4n) is 4.53. The largest absolute Gasteiger partial charge is 0.497 e. The van der Waals surface area contributed by atoms with Gasteiger partial charge >= 0.3 is 0 Å². The normalized spacial score (nSPS) is 14.1. The van der Waals surface area contributed by atoms with Crippen molar-refractivity contribution in [1.82, 2.24) is 30.7 Å². The molecule has 222 valence electrons. The molecule has 1 aromatic heterocycles. The highest BCUT2D eigenvalue weighted by molar-refractivity contribution is 6.72. The van der Waals surface area contributed by atoms with Gasteiger partial charge in [-0.3, -0.25) is 23.9 Å². The van der Waals surface area contributed by atoms with Crippen LogP contribution >= 0.6 is 11.6 Å². The standard InChI is InChI=1S/C28H34ClN7O5Si/c1-17-34-35-28-22(14-24(37)32-15-25(38)30-11-12-31-26(39)16-42(3,4)40)33-27(18-5-7-19(29)8-6-18)21-13-20(41-2)9-10-23(21)36(17)28/h5-10,13,22,40H,11-12,14-16H2,1-4H3,(H,30,38)(H,31,39)(H,32,37). The third-order valence-electron chi connectivity index (χ3n) is 6.44. The third-order valence-corrected chi connectivity index (χ3v) is 7.88. The SMILES string of the molecule is COc1ccc2c(c1)C(c1ccc(Cl)cc1)=NC(CC(=O)NCC(=O)NCCNC(=O)C[Si](C)(C)O)c1nnc(C)n1-2. The Labute approximate surface area is 249 Å². The molecule has 1 aliphatic rings. The van der Waals surface area contributed by atoms with Gasteiger partial charge < -0.3 is 25.5 Å². The predicted molar refractivity (Wildman–Crippen MR) is 161 cm³/mol. The Morgan fingerprint density at radius 3 is 2.36 bits per heavy atom. The Bertz CT molecular complexity index is 1500. The summed E-state index contributed by atoms with van der Waals surface area (Å²) >= 11 is 6.15. The van der Waals surface area contributed by atoms with Crippen molar-refractivity contribution in [3.8, 4) is 11.4 Å². The van der Waals surface area contributed by atoms with Gasteiger partial charge in [0.2, 0.25) is 17.7 Å². The smallest absolute Gasteiger partial charge is 0.239 e. The lowest BCUT2D eigenvalue weighted by atomic mass is 10.00. The van der Waals surface area contributed by atoms with E-state index < -0.39 is 26.2 Å². The molecule has 0 fully saturated rings. The lowest BCUT2D eigenvalue weighted by molar-refractivity contribution is -0.126. The number of halogens is 1. The van der Waals surface area contributed by atoms with Gasteiger partial charge in [-0.15, -0.1) is 10.2 Å². The van der Waals surface area contributed by atoms with Crippen molar-refractivity contribution in [3.05, 3.63) is 70.3 Å². The molecule has 0 aliphatic carbocycles. The Morgan fingerprint density at radius 2 is 1.69 bits per heavy atom. The molecule has 0 spiro atoms. The van der Waals surface area contributed by atoms with Crippen LogP contribution in [0.25, 0.3) is 5.69 Å². The van der Waals surface area contributed by atoms with E-state index in [1.165, 1.54) is 0 Å². The predicted octanol–water partition coefficient (Wildman–Crippen LogP) is 2.07. The first-order valence-corrected chi connectivity index (χ1v) is 17.0. The first-order chi connectivity index (χ1) is 19.9. The van der Waals surface area contributed by atoms with Crippen molar-refractivity contribution in [2.45, 2.75) is 38.5 Å². The molecule has 1 atom stereocenters. The zero-order valence-electron chi connectivity index (χ0n) is 23.9. The molecule has 4 N–H and O–H groups in total. The number of aromatic nitrogens is 3. The number of hydrogen-bond acceptors (Lipinski definition) is 8. The number of benzene rings is 2. The van der Waals surface area contributed by atoms with Crippen LogP contribution in [0.4, 0.5) is 0 Å². The summed E-state index contributed by atoms with van der Waals surface area (Å²) in [6, 6.07) is 12.3. The number of rotatable bonds is 11. The maximum atomic E-state index is 13.0. The van der Waals surface area contributed by atoms with Gasteiger partial charge in [-0.25, -0.2) is 0 Å². The van der Waals surface area contributed by atoms with E-state index in [-0.39, 0.29) is 38.0 Å². The molecule has 1 unspecified atom stereocenters. The van der Waals surface area contributed by atoms with Crippen LogP contribution in [0.3, 0.4) is 0 Å². The average molecular weight is 612 g/mol.